The third kappa shape index (κ3) is 5.37. The molecule has 1 atom stereocenters. The number of aromatic carboxylic acids is 1. The van der Waals surface area contributed by atoms with E-state index in [9.17, 15) is 14.7 Å². The molecule has 0 radical (unpaired) electrons. The first-order valence-electron chi connectivity index (χ1n) is 10.2. The molecule has 1 saturated heterocycles. The van der Waals surface area contributed by atoms with E-state index >= 15 is 0 Å². The van der Waals surface area contributed by atoms with Crippen LogP contribution in [-0.4, -0.2) is 42.1 Å². The van der Waals surface area contributed by atoms with E-state index < -0.39 is 5.97 Å². The normalized spacial score (nSPS) is 15.7. The average molecular weight is 395 g/mol. The average Bonchev–Trinajstić information content (AvgIpc) is 2.74. The largest absolute Gasteiger partial charge is 0.497 e. The molecule has 2 aromatic carbocycles. The van der Waals surface area contributed by atoms with Crippen LogP contribution in [0.2, 0.25) is 0 Å². The minimum absolute atomic E-state index is 0.137. The van der Waals surface area contributed by atoms with Gasteiger partial charge in [-0.05, 0) is 60.4 Å². The van der Waals surface area contributed by atoms with E-state index in [4.69, 9.17) is 4.74 Å². The standard InChI is InChI=1S/C24H29NO4/c1-17(19-7-5-8-21(16-19)29-2)14-23(26)25-12-10-18(11-13-25)15-20-6-3-4-9-22(20)24(27)28/h3-9,16-18H,10-15H2,1-2H3,(H,27,28). The summed E-state index contributed by atoms with van der Waals surface area (Å²) in [6.45, 7) is 3.55. The summed E-state index contributed by atoms with van der Waals surface area (Å²) in [5.41, 5.74) is 2.38. The van der Waals surface area contributed by atoms with Crippen LogP contribution in [0, 0.1) is 5.92 Å². The van der Waals surface area contributed by atoms with Crippen molar-refractivity contribution in [2.24, 2.45) is 5.92 Å². The minimum atomic E-state index is -0.875. The van der Waals surface area contributed by atoms with Crippen molar-refractivity contribution in [3.05, 3.63) is 65.2 Å². The molecule has 1 unspecified atom stereocenters. The number of likely N-dealkylation sites (tertiary alicyclic amines) is 1. The van der Waals surface area contributed by atoms with E-state index in [2.05, 4.69) is 6.92 Å². The molecule has 0 saturated carbocycles. The number of carbonyl (C=O) groups excluding carboxylic acids is 1. The van der Waals surface area contributed by atoms with Crippen LogP contribution in [-0.2, 0) is 11.2 Å². The number of amides is 1. The Balaban J connectivity index is 1.52. The molecule has 1 amide bonds. The summed E-state index contributed by atoms with van der Waals surface area (Å²) in [7, 11) is 1.65. The molecule has 0 spiro atoms. The monoisotopic (exact) mass is 395 g/mol. The molecule has 3 rings (SSSR count). The Hall–Kier alpha value is -2.82. The summed E-state index contributed by atoms with van der Waals surface area (Å²) < 4.78 is 5.28. The van der Waals surface area contributed by atoms with E-state index in [1.165, 1.54) is 0 Å². The van der Waals surface area contributed by atoms with Crippen molar-refractivity contribution in [3.8, 4) is 5.75 Å². The van der Waals surface area contributed by atoms with Crippen LogP contribution in [0.5, 0.6) is 5.75 Å². The maximum Gasteiger partial charge on any atom is 0.335 e. The van der Waals surface area contributed by atoms with E-state index in [1.54, 1.807) is 19.2 Å². The molecule has 5 heteroatoms. The SMILES string of the molecule is COc1cccc(C(C)CC(=O)N2CCC(Cc3ccccc3C(=O)O)CC2)c1. The van der Waals surface area contributed by atoms with Gasteiger partial charge in [-0.3, -0.25) is 4.79 Å². The third-order valence-corrected chi connectivity index (χ3v) is 5.87. The summed E-state index contributed by atoms with van der Waals surface area (Å²) in [6.07, 6.45) is 3.06. The van der Waals surface area contributed by atoms with Crippen LogP contribution in [0.1, 0.15) is 53.6 Å². The van der Waals surface area contributed by atoms with Gasteiger partial charge < -0.3 is 14.7 Å². The lowest BCUT2D eigenvalue weighted by Gasteiger charge is -2.33. The van der Waals surface area contributed by atoms with Crippen LogP contribution in [0.3, 0.4) is 0 Å². The van der Waals surface area contributed by atoms with Gasteiger partial charge in [0, 0.05) is 19.5 Å². The maximum atomic E-state index is 12.8. The lowest BCUT2D eigenvalue weighted by atomic mass is 9.88. The van der Waals surface area contributed by atoms with Gasteiger partial charge in [-0.25, -0.2) is 4.79 Å². The third-order valence-electron chi connectivity index (χ3n) is 5.87. The molecule has 1 aliphatic heterocycles. The molecular weight excluding hydrogens is 366 g/mol. The summed E-state index contributed by atoms with van der Waals surface area (Å²) in [4.78, 5) is 26.1. The number of hydrogen-bond donors (Lipinski definition) is 1. The number of ether oxygens (including phenoxy) is 1. The number of hydrogen-bond acceptors (Lipinski definition) is 3. The Bertz CT molecular complexity index is 855. The minimum Gasteiger partial charge on any atom is -0.497 e. The van der Waals surface area contributed by atoms with Gasteiger partial charge in [-0.15, -0.1) is 0 Å². The Labute approximate surface area is 172 Å². The summed E-state index contributed by atoms with van der Waals surface area (Å²) in [5, 5.41) is 9.36. The Morgan fingerprint density at radius 2 is 1.86 bits per heavy atom. The second-order valence-electron chi connectivity index (χ2n) is 7.87. The summed E-state index contributed by atoms with van der Waals surface area (Å²) >= 11 is 0. The van der Waals surface area contributed by atoms with Gasteiger partial charge in [0.2, 0.25) is 5.91 Å². The second-order valence-corrected chi connectivity index (χ2v) is 7.87. The molecule has 1 fully saturated rings. The van der Waals surface area contributed by atoms with Crippen LogP contribution >= 0.6 is 0 Å². The lowest BCUT2D eigenvalue weighted by molar-refractivity contribution is -0.132. The predicted molar refractivity (Wildman–Crippen MR) is 112 cm³/mol. The number of piperidine rings is 1. The molecule has 0 aliphatic carbocycles. The molecule has 154 valence electrons. The van der Waals surface area contributed by atoms with Gasteiger partial charge in [0.25, 0.3) is 0 Å². The fraction of sp³-hybridized carbons (Fsp3) is 0.417. The summed E-state index contributed by atoms with van der Waals surface area (Å²) in [6, 6.07) is 15.1. The fourth-order valence-corrected chi connectivity index (χ4v) is 4.06. The first-order valence-corrected chi connectivity index (χ1v) is 10.2. The first kappa shape index (κ1) is 20.9. The zero-order chi connectivity index (χ0) is 20.8. The van der Waals surface area contributed by atoms with E-state index in [-0.39, 0.29) is 11.8 Å². The zero-order valence-corrected chi connectivity index (χ0v) is 17.1. The van der Waals surface area contributed by atoms with Crippen molar-refractivity contribution in [1.82, 2.24) is 4.90 Å². The number of benzene rings is 2. The van der Waals surface area contributed by atoms with Gasteiger partial charge in [0.1, 0.15) is 5.75 Å². The van der Waals surface area contributed by atoms with Crippen LogP contribution < -0.4 is 4.74 Å². The predicted octanol–water partition coefficient (Wildman–Crippen LogP) is 4.37. The van der Waals surface area contributed by atoms with Gasteiger partial charge in [0.15, 0.2) is 0 Å². The number of carbonyl (C=O) groups is 2. The molecule has 1 aliphatic rings. The van der Waals surface area contributed by atoms with Gasteiger partial charge in [-0.1, -0.05) is 37.3 Å². The highest BCUT2D eigenvalue weighted by molar-refractivity contribution is 5.89. The van der Waals surface area contributed by atoms with Crippen LogP contribution in [0.25, 0.3) is 0 Å². The van der Waals surface area contributed by atoms with Crippen LogP contribution in [0.15, 0.2) is 48.5 Å². The zero-order valence-electron chi connectivity index (χ0n) is 17.1. The molecular formula is C24H29NO4. The van der Waals surface area contributed by atoms with Gasteiger partial charge in [-0.2, -0.15) is 0 Å². The number of nitrogens with zero attached hydrogens (tertiary/aromatic N) is 1. The van der Waals surface area contributed by atoms with Crippen molar-refractivity contribution in [1.29, 1.82) is 0 Å². The first-order chi connectivity index (χ1) is 14.0. The van der Waals surface area contributed by atoms with Crippen molar-refractivity contribution in [2.45, 2.75) is 38.5 Å². The summed E-state index contributed by atoms with van der Waals surface area (Å²) in [5.74, 6) is 0.668. The quantitative estimate of drug-likeness (QED) is 0.756. The Kier molecular flexibility index (Phi) is 6.91. The molecule has 0 bridgehead atoms. The fourth-order valence-electron chi connectivity index (χ4n) is 4.06. The van der Waals surface area contributed by atoms with Crippen molar-refractivity contribution >= 4 is 11.9 Å². The maximum absolute atomic E-state index is 12.8. The van der Waals surface area contributed by atoms with E-state index in [0.29, 0.717) is 17.9 Å². The lowest BCUT2D eigenvalue weighted by Crippen LogP contribution is -2.39. The Morgan fingerprint density at radius 1 is 1.14 bits per heavy atom. The van der Waals surface area contributed by atoms with Gasteiger partial charge >= 0.3 is 5.97 Å². The molecule has 5 nitrogen and oxygen atoms in total. The van der Waals surface area contributed by atoms with E-state index in [1.807, 2.05) is 41.3 Å². The smallest absolute Gasteiger partial charge is 0.335 e. The van der Waals surface area contributed by atoms with Crippen LogP contribution in [0.4, 0.5) is 0 Å². The molecule has 2 aromatic rings. The molecule has 1 N–H and O–H groups in total. The second kappa shape index (κ2) is 9.59. The highest BCUT2D eigenvalue weighted by Gasteiger charge is 2.25. The molecule has 1 heterocycles. The van der Waals surface area contributed by atoms with Crippen molar-refractivity contribution in [2.75, 3.05) is 20.2 Å². The molecule has 0 aromatic heterocycles. The molecule has 29 heavy (non-hydrogen) atoms. The number of methoxy groups -OCH3 is 1. The number of carboxylic acid groups (broad SMARTS) is 1. The van der Waals surface area contributed by atoms with Crippen molar-refractivity contribution < 1.29 is 19.4 Å². The van der Waals surface area contributed by atoms with E-state index in [0.717, 1.165) is 49.2 Å². The van der Waals surface area contributed by atoms with Gasteiger partial charge in [0.05, 0.1) is 12.7 Å². The van der Waals surface area contributed by atoms with Crippen molar-refractivity contribution in [3.63, 3.8) is 0 Å². The Morgan fingerprint density at radius 3 is 2.55 bits per heavy atom. The topological polar surface area (TPSA) is 66.8 Å². The highest BCUT2D eigenvalue weighted by Crippen LogP contribution is 2.27. The highest BCUT2D eigenvalue weighted by atomic mass is 16.5. The number of rotatable bonds is 7. The number of carboxylic acids is 1.